The highest BCUT2D eigenvalue weighted by Crippen LogP contribution is 2.30. The van der Waals surface area contributed by atoms with E-state index in [0.717, 1.165) is 17.7 Å². The molecule has 0 atom stereocenters. The number of rotatable bonds is 9. The number of para-hydroxylation sites is 1. The lowest BCUT2D eigenvalue weighted by Gasteiger charge is -2.11. The Labute approximate surface area is 200 Å². The van der Waals surface area contributed by atoms with E-state index in [-0.39, 0.29) is 17.7 Å². The third-order valence-corrected chi connectivity index (χ3v) is 5.83. The second-order valence-corrected chi connectivity index (χ2v) is 8.69. The number of hydrogen-bond acceptors (Lipinski definition) is 6. The summed E-state index contributed by atoms with van der Waals surface area (Å²) in [6.07, 6.45) is -3.33. The van der Waals surface area contributed by atoms with E-state index in [4.69, 9.17) is 8.92 Å². The number of carbonyl (C=O) groups excluding carboxylic acids is 1. The average Bonchev–Trinajstić information content (AvgIpc) is 2.81. The molecule has 3 rings (SSSR count). The summed E-state index contributed by atoms with van der Waals surface area (Å²) in [5.74, 6) is 0.177. The molecule has 0 bridgehead atoms. The molecular formula is C24H21F3N2O5S. The van der Waals surface area contributed by atoms with E-state index < -0.39 is 32.7 Å². The van der Waals surface area contributed by atoms with Crippen LogP contribution in [-0.4, -0.2) is 27.1 Å². The molecule has 0 spiro atoms. The Bertz CT molecular complexity index is 1290. The molecule has 0 aliphatic rings. The first-order valence-electron chi connectivity index (χ1n) is 10.3. The summed E-state index contributed by atoms with van der Waals surface area (Å²) in [6, 6.07) is 15.9. The lowest BCUT2D eigenvalue weighted by atomic mass is 10.1. The Morgan fingerprint density at radius 3 is 2.29 bits per heavy atom. The number of ether oxygens (including phenoxy) is 1. The van der Waals surface area contributed by atoms with Gasteiger partial charge >= 0.3 is 16.3 Å². The maximum atomic E-state index is 12.7. The van der Waals surface area contributed by atoms with Crippen molar-refractivity contribution in [2.75, 3.05) is 6.61 Å². The zero-order valence-corrected chi connectivity index (χ0v) is 19.3. The van der Waals surface area contributed by atoms with Crippen molar-refractivity contribution in [3.05, 3.63) is 89.5 Å². The van der Waals surface area contributed by atoms with Crippen molar-refractivity contribution in [2.24, 2.45) is 5.10 Å². The van der Waals surface area contributed by atoms with Gasteiger partial charge in [0.25, 0.3) is 0 Å². The Morgan fingerprint density at radius 1 is 1.00 bits per heavy atom. The summed E-state index contributed by atoms with van der Waals surface area (Å²) in [5.41, 5.74) is 2.34. The van der Waals surface area contributed by atoms with Crippen molar-refractivity contribution in [3.8, 4) is 11.5 Å². The van der Waals surface area contributed by atoms with Gasteiger partial charge in [-0.15, -0.1) is 0 Å². The molecule has 0 aliphatic heterocycles. The Hall–Kier alpha value is -3.86. The number of nitrogens with zero attached hydrogens (tertiary/aromatic N) is 1. The molecule has 1 N–H and O–H groups in total. The van der Waals surface area contributed by atoms with Crippen LogP contribution in [0.2, 0.25) is 0 Å². The third-order valence-electron chi connectivity index (χ3n) is 4.58. The van der Waals surface area contributed by atoms with Gasteiger partial charge in [-0.3, -0.25) is 4.79 Å². The standard InChI is InChI=1S/C24H21F3N2O5S/c1-2-33-20-11-7-17(8-12-20)15-23(30)29-28-16-18-5-3-4-6-22(18)34-35(31,32)21-13-9-19(10-14-21)24(25,26)27/h3-14,16H,2,15H2,1H3,(H,29,30). The topological polar surface area (TPSA) is 94.1 Å². The van der Waals surface area contributed by atoms with Crippen LogP contribution >= 0.6 is 0 Å². The molecular weight excluding hydrogens is 485 g/mol. The lowest BCUT2D eigenvalue weighted by molar-refractivity contribution is -0.137. The highest BCUT2D eigenvalue weighted by atomic mass is 32.2. The molecule has 0 aromatic heterocycles. The SMILES string of the molecule is CCOc1ccc(CC(=O)NN=Cc2ccccc2OS(=O)(=O)c2ccc(C(F)(F)F)cc2)cc1. The van der Waals surface area contributed by atoms with Gasteiger partial charge in [-0.05, 0) is 61.0 Å². The lowest BCUT2D eigenvalue weighted by Crippen LogP contribution is -2.19. The van der Waals surface area contributed by atoms with E-state index in [1.165, 1.54) is 24.4 Å². The van der Waals surface area contributed by atoms with E-state index in [2.05, 4.69) is 10.5 Å². The molecule has 7 nitrogen and oxygen atoms in total. The number of benzene rings is 3. The van der Waals surface area contributed by atoms with Crippen molar-refractivity contribution in [1.29, 1.82) is 0 Å². The molecule has 0 aliphatic carbocycles. The van der Waals surface area contributed by atoms with Gasteiger partial charge in [0.1, 0.15) is 10.6 Å². The highest BCUT2D eigenvalue weighted by molar-refractivity contribution is 7.87. The predicted molar refractivity (Wildman–Crippen MR) is 123 cm³/mol. The molecule has 0 saturated heterocycles. The quantitative estimate of drug-likeness (QED) is 0.261. The molecule has 11 heteroatoms. The smallest absolute Gasteiger partial charge is 0.416 e. The van der Waals surface area contributed by atoms with Crippen molar-refractivity contribution >= 4 is 22.2 Å². The molecule has 184 valence electrons. The van der Waals surface area contributed by atoms with Crippen molar-refractivity contribution < 1.29 is 35.3 Å². The largest absolute Gasteiger partial charge is 0.494 e. The minimum atomic E-state index is -4.59. The zero-order valence-electron chi connectivity index (χ0n) is 18.5. The monoisotopic (exact) mass is 506 g/mol. The van der Waals surface area contributed by atoms with Gasteiger partial charge in [0, 0.05) is 5.56 Å². The van der Waals surface area contributed by atoms with Crippen molar-refractivity contribution in [3.63, 3.8) is 0 Å². The first kappa shape index (κ1) is 25.8. The zero-order chi connectivity index (χ0) is 25.5. The van der Waals surface area contributed by atoms with Crippen LogP contribution in [-0.2, 0) is 27.5 Å². The molecule has 0 heterocycles. The van der Waals surface area contributed by atoms with Crippen LogP contribution in [0.3, 0.4) is 0 Å². The minimum Gasteiger partial charge on any atom is -0.494 e. The fourth-order valence-corrected chi connectivity index (χ4v) is 3.86. The Kier molecular flexibility index (Phi) is 8.13. The van der Waals surface area contributed by atoms with Gasteiger partial charge in [-0.2, -0.15) is 26.7 Å². The number of hydrazone groups is 1. The van der Waals surface area contributed by atoms with Crippen LogP contribution in [0, 0.1) is 0 Å². The van der Waals surface area contributed by atoms with E-state index in [0.29, 0.717) is 24.5 Å². The van der Waals surface area contributed by atoms with Crippen LogP contribution in [0.1, 0.15) is 23.6 Å². The summed E-state index contributed by atoms with van der Waals surface area (Å²) in [4.78, 5) is 11.7. The van der Waals surface area contributed by atoms with Gasteiger partial charge in [-0.25, -0.2) is 5.43 Å². The minimum absolute atomic E-state index is 0.0597. The Balaban J connectivity index is 1.65. The first-order valence-corrected chi connectivity index (χ1v) is 11.7. The van der Waals surface area contributed by atoms with Crippen LogP contribution in [0.15, 0.2) is 82.8 Å². The number of halogens is 3. The number of alkyl halides is 3. The summed E-state index contributed by atoms with van der Waals surface area (Å²) in [7, 11) is -4.41. The summed E-state index contributed by atoms with van der Waals surface area (Å²) in [6.45, 7) is 2.40. The van der Waals surface area contributed by atoms with Crippen LogP contribution in [0.5, 0.6) is 11.5 Å². The number of hydrogen-bond donors (Lipinski definition) is 1. The third kappa shape index (κ3) is 7.31. The molecule has 3 aromatic rings. The van der Waals surface area contributed by atoms with Gasteiger partial charge in [0.05, 0.1) is 24.8 Å². The maximum Gasteiger partial charge on any atom is 0.416 e. The average molecular weight is 507 g/mol. The van der Waals surface area contributed by atoms with Gasteiger partial charge in [0.15, 0.2) is 5.75 Å². The van der Waals surface area contributed by atoms with Gasteiger partial charge < -0.3 is 8.92 Å². The number of carbonyl (C=O) groups is 1. The van der Waals surface area contributed by atoms with Crippen LogP contribution < -0.4 is 14.3 Å². The Morgan fingerprint density at radius 2 is 1.66 bits per heavy atom. The van der Waals surface area contributed by atoms with Gasteiger partial charge in [0.2, 0.25) is 5.91 Å². The molecule has 0 saturated carbocycles. The van der Waals surface area contributed by atoms with E-state index >= 15 is 0 Å². The van der Waals surface area contributed by atoms with E-state index in [9.17, 15) is 26.4 Å². The molecule has 35 heavy (non-hydrogen) atoms. The summed E-state index contributed by atoms with van der Waals surface area (Å²) < 4.78 is 73.7. The number of nitrogens with one attached hydrogen (secondary N) is 1. The molecule has 0 radical (unpaired) electrons. The summed E-state index contributed by atoms with van der Waals surface area (Å²) in [5, 5.41) is 3.84. The molecule has 0 fully saturated rings. The molecule has 3 aromatic carbocycles. The second-order valence-electron chi connectivity index (χ2n) is 7.14. The van der Waals surface area contributed by atoms with E-state index in [1.54, 1.807) is 30.3 Å². The van der Waals surface area contributed by atoms with E-state index in [1.807, 2.05) is 6.92 Å². The van der Waals surface area contributed by atoms with Gasteiger partial charge in [-0.1, -0.05) is 24.3 Å². The predicted octanol–water partition coefficient (Wildman–Crippen LogP) is 4.56. The fourth-order valence-electron chi connectivity index (χ4n) is 2.91. The second kappa shape index (κ2) is 11.0. The van der Waals surface area contributed by atoms with Crippen LogP contribution in [0.4, 0.5) is 13.2 Å². The fraction of sp³-hybridized carbons (Fsp3) is 0.167. The molecule has 0 unspecified atom stereocenters. The normalized spacial score (nSPS) is 11.9. The summed E-state index contributed by atoms with van der Waals surface area (Å²) >= 11 is 0. The van der Waals surface area contributed by atoms with Crippen LogP contribution in [0.25, 0.3) is 0 Å². The molecule has 1 amide bonds. The maximum absolute atomic E-state index is 12.7. The first-order chi connectivity index (χ1) is 16.6. The van der Waals surface area contributed by atoms with Crippen molar-refractivity contribution in [2.45, 2.75) is 24.4 Å². The number of amides is 1. The highest BCUT2D eigenvalue weighted by Gasteiger charge is 2.31. The van der Waals surface area contributed by atoms with Crippen molar-refractivity contribution in [1.82, 2.24) is 5.43 Å².